The van der Waals surface area contributed by atoms with Crippen LogP contribution in [0.15, 0.2) is 41.1 Å². The van der Waals surface area contributed by atoms with Crippen molar-refractivity contribution in [3.05, 3.63) is 36.7 Å². The molecule has 0 unspecified atom stereocenters. The molecule has 0 saturated heterocycles. The maximum atomic E-state index is 10.1. The van der Waals surface area contributed by atoms with Gasteiger partial charge in [0.2, 0.25) is 5.89 Å². The van der Waals surface area contributed by atoms with Gasteiger partial charge in [-0.05, 0) is 31.2 Å². The van der Waals surface area contributed by atoms with Gasteiger partial charge in [0, 0.05) is 16.9 Å². The first kappa shape index (κ1) is 15.4. The van der Waals surface area contributed by atoms with E-state index in [2.05, 4.69) is 20.3 Å². The number of thioether (sulfide) groups is 1. The smallest absolute Gasteiger partial charge is 0.252 e. The number of hydrogen-bond donors (Lipinski definition) is 2. The van der Waals surface area contributed by atoms with Crippen LogP contribution >= 0.6 is 11.8 Å². The monoisotopic (exact) mass is 342 g/mol. The SMILES string of the molecule is CS[C@H]1C[C@H](Nc2ncnc3oc(-c4ccccc4)nc23)C[C@@H]1O. The van der Waals surface area contributed by atoms with Crippen LogP contribution in [0, 0.1) is 0 Å². The molecule has 4 rings (SSSR count). The second kappa shape index (κ2) is 6.41. The number of rotatable bonds is 4. The van der Waals surface area contributed by atoms with Crippen molar-refractivity contribution < 1.29 is 9.52 Å². The van der Waals surface area contributed by atoms with Crippen molar-refractivity contribution in [1.82, 2.24) is 15.0 Å². The zero-order valence-corrected chi connectivity index (χ0v) is 14.0. The van der Waals surface area contributed by atoms with Crippen molar-refractivity contribution in [2.45, 2.75) is 30.2 Å². The molecule has 0 spiro atoms. The van der Waals surface area contributed by atoms with Gasteiger partial charge < -0.3 is 14.8 Å². The highest BCUT2D eigenvalue weighted by Crippen LogP contribution is 2.32. The molecule has 1 fully saturated rings. The van der Waals surface area contributed by atoms with Gasteiger partial charge in [-0.1, -0.05) is 18.2 Å². The van der Waals surface area contributed by atoms with E-state index in [0.717, 1.165) is 12.0 Å². The summed E-state index contributed by atoms with van der Waals surface area (Å²) in [5.41, 5.74) is 1.99. The molecule has 2 heterocycles. The van der Waals surface area contributed by atoms with Crippen LogP contribution in [0.4, 0.5) is 5.82 Å². The third kappa shape index (κ3) is 2.85. The average molecular weight is 342 g/mol. The van der Waals surface area contributed by atoms with E-state index < -0.39 is 0 Å². The summed E-state index contributed by atoms with van der Waals surface area (Å²) in [5, 5.41) is 13.7. The first-order chi connectivity index (χ1) is 11.7. The molecule has 3 aromatic rings. The Morgan fingerprint density at radius 1 is 1.21 bits per heavy atom. The van der Waals surface area contributed by atoms with E-state index >= 15 is 0 Å². The minimum atomic E-state index is -0.285. The Morgan fingerprint density at radius 3 is 2.79 bits per heavy atom. The van der Waals surface area contributed by atoms with Crippen molar-refractivity contribution in [3.63, 3.8) is 0 Å². The third-order valence-electron chi connectivity index (χ3n) is 4.33. The lowest BCUT2D eigenvalue weighted by molar-refractivity contribution is 0.187. The Morgan fingerprint density at radius 2 is 2.04 bits per heavy atom. The molecular weight excluding hydrogens is 324 g/mol. The topological polar surface area (TPSA) is 84.1 Å². The Bertz CT molecular complexity index is 839. The van der Waals surface area contributed by atoms with Gasteiger partial charge >= 0.3 is 0 Å². The van der Waals surface area contributed by atoms with Crippen LogP contribution in [0.25, 0.3) is 22.7 Å². The summed E-state index contributed by atoms with van der Waals surface area (Å²) in [5.74, 6) is 1.19. The number of oxazole rings is 1. The van der Waals surface area contributed by atoms with Crippen molar-refractivity contribution >= 4 is 28.8 Å². The fourth-order valence-electron chi connectivity index (χ4n) is 3.11. The number of aliphatic hydroxyl groups is 1. The van der Waals surface area contributed by atoms with Crippen LogP contribution in [0.1, 0.15) is 12.8 Å². The van der Waals surface area contributed by atoms with Gasteiger partial charge in [-0.3, -0.25) is 0 Å². The maximum Gasteiger partial charge on any atom is 0.252 e. The van der Waals surface area contributed by atoms with Gasteiger partial charge in [-0.15, -0.1) is 0 Å². The molecule has 0 bridgehead atoms. The quantitative estimate of drug-likeness (QED) is 0.754. The summed E-state index contributed by atoms with van der Waals surface area (Å²) in [6, 6.07) is 9.90. The Kier molecular flexibility index (Phi) is 4.12. The molecule has 1 aliphatic carbocycles. The highest BCUT2D eigenvalue weighted by Gasteiger charge is 2.33. The minimum Gasteiger partial charge on any atom is -0.417 e. The van der Waals surface area contributed by atoms with Crippen LogP contribution in [-0.4, -0.2) is 43.7 Å². The standard InChI is InChI=1S/C17H18N4O2S/c1-24-13-8-11(7-12(13)22)20-15-14-17(19-9-18-15)23-16(21-14)10-5-3-2-4-6-10/h2-6,9,11-13,22H,7-8H2,1H3,(H,18,19,20)/t11-,12+,13+/m1/s1. The van der Waals surface area contributed by atoms with Crippen LogP contribution in [0.5, 0.6) is 0 Å². The Labute approximate surface area is 143 Å². The molecular formula is C17H18N4O2S. The molecule has 2 aromatic heterocycles. The first-order valence-electron chi connectivity index (χ1n) is 7.89. The van der Waals surface area contributed by atoms with E-state index in [9.17, 15) is 5.11 Å². The number of nitrogens with one attached hydrogen (secondary N) is 1. The van der Waals surface area contributed by atoms with Crippen LogP contribution < -0.4 is 5.32 Å². The molecule has 1 aromatic carbocycles. The molecule has 24 heavy (non-hydrogen) atoms. The lowest BCUT2D eigenvalue weighted by Crippen LogP contribution is -2.17. The van der Waals surface area contributed by atoms with E-state index in [1.807, 2.05) is 36.6 Å². The number of nitrogens with zero attached hydrogens (tertiary/aromatic N) is 3. The second-order valence-electron chi connectivity index (χ2n) is 5.92. The summed E-state index contributed by atoms with van der Waals surface area (Å²) in [6.45, 7) is 0. The number of anilines is 1. The van der Waals surface area contributed by atoms with Gasteiger partial charge in [0.1, 0.15) is 6.33 Å². The van der Waals surface area contributed by atoms with E-state index in [1.54, 1.807) is 11.8 Å². The normalized spacial score (nSPS) is 23.7. The largest absolute Gasteiger partial charge is 0.417 e. The highest BCUT2D eigenvalue weighted by molar-refractivity contribution is 7.99. The molecule has 1 aliphatic rings. The van der Waals surface area contributed by atoms with Crippen molar-refractivity contribution in [2.75, 3.05) is 11.6 Å². The number of fused-ring (bicyclic) bond motifs is 1. The fraction of sp³-hybridized carbons (Fsp3) is 0.353. The van der Waals surface area contributed by atoms with Crippen LogP contribution in [0.2, 0.25) is 0 Å². The van der Waals surface area contributed by atoms with Crippen molar-refractivity contribution in [3.8, 4) is 11.5 Å². The van der Waals surface area contributed by atoms with Crippen molar-refractivity contribution in [2.24, 2.45) is 0 Å². The number of aromatic nitrogens is 3. The third-order valence-corrected chi connectivity index (χ3v) is 5.44. The summed E-state index contributed by atoms with van der Waals surface area (Å²) in [4.78, 5) is 13.1. The van der Waals surface area contributed by atoms with Gasteiger partial charge in [-0.2, -0.15) is 16.7 Å². The number of benzene rings is 1. The van der Waals surface area contributed by atoms with Crippen molar-refractivity contribution in [1.29, 1.82) is 0 Å². The van der Waals surface area contributed by atoms with Crippen LogP contribution in [-0.2, 0) is 0 Å². The van der Waals surface area contributed by atoms with E-state index in [1.165, 1.54) is 6.33 Å². The molecule has 124 valence electrons. The van der Waals surface area contributed by atoms with E-state index in [0.29, 0.717) is 29.4 Å². The Hall–Kier alpha value is -2.12. The van der Waals surface area contributed by atoms with Gasteiger partial charge in [-0.25, -0.2) is 9.97 Å². The predicted molar refractivity (Wildman–Crippen MR) is 95.0 cm³/mol. The van der Waals surface area contributed by atoms with Gasteiger partial charge in [0.25, 0.3) is 5.71 Å². The molecule has 7 heteroatoms. The molecule has 0 aliphatic heterocycles. The lowest BCUT2D eigenvalue weighted by atomic mass is 10.2. The number of hydrogen-bond acceptors (Lipinski definition) is 7. The van der Waals surface area contributed by atoms with E-state index in [-0.39, 0.29) is 17.4 Å². The average Bonchev–Trinajstić information content (AvgIpc) is 3.19. The first-order valence-corrected chi connectivity index (χ1v) is 9.17. The summed E-state index contributed by atoms with van der Waals surface area (Å²) < 4.78 is 5.77. The summed E-state index contributed by atoms with van der Waals surface area (Å²) >= 11 is 1.70. The van der Waals surface area contributed by atoms with E-state index in [4.69, 9.17) is 4.42 Å². The zero-order valence-electron chi connectivity index (χ0n) is 13.2. The summed E-state index contributed by atoms with van der Waals surface area (Å²) in [7, 11) is 0. The highest BCUT2D eigenvalue weighted by atomic mass is 32.2. The summed E-state index contributed by atoms with van der Waals surface area (Å²) in [6.07, 6.45) is 4.83. The fourth-order valence-corrected chi connectivity index (χ4v) is 3.96. The van der Waals surface area contributed by atoms with Gasteiger partial charge in [0.15, 0.2) is 11.3 Å². The molecule has 3 atom stereocenters. The number of aliphatic hydroxyl groups excluding tert-OH is 1. The molecule has 0 radical (unpaired) electrons. The lowest BCUT2D eigenvalue weighted by Gasteiger charge is -2.12. The maximum absolute atomic E-state index is 10.1. The molecule has 2 N–H and O–H groups in total. The minimum absolute atomic E-state index is 0.174. The molecule has 0 amide bonds. The van der Waals surface area contributed by atoms with Gasteiger partial charge in [0.05, 0.1) is 6.10 Å². The Balaban J connectivity index is 1.63. The van der Waals surface area contributed by atoms with Crippen LogP contribution in [0.3, 0.4) is 0 Å². The molecule has 6 nitrogen and oxygen atoms in total. The zero-order chi connectivity index (χ0) is 16.5. The molecule has 1 saturated carbocycles. The second-order valence-corrected chi connectivity index (χ2v) is 6.99. The predicted octanol–water partition coefficient (Wildman–Crippen LogP) is 2.95.